The minimum atomic E-state index is -0.257. The minimum absolute atomic E-state index is 0.186. The van der Waals surface area contributed by atoms with Crippen LogP contribution in [0.15, 0.2) is 41.7 Å². The Bertz CT molecular complexity index is 1220. The van der Waals surface area contributed by atoms with Crippen molar-refractivity contribution >= 4 is 5.91 Å². The lowest BCUT2D eigenvalue weighted by Crippen LogP contribution is -2.25. The Labute approximate surface area is 185 Å². The van der Waals surface area contributed by atoms with Gasteiger partial charge in [0.2, 0.25) is 0 Å². The highest BCUT2D eigenvalue weighted by atomic mass is 16.3. The van der Waals surface area contributed by atoms with Gasteiger partial charge >= 0.3 is 0 Å². The fourth-order valence-electron chi connectivity index (χ4n) is 3.56. The Balaban J connectivity index is 1.64. The smallest absolute Gasteiger partial charge is 0.255 e. The van der Waals surface area contributed by atoms with Gasteiger partial charge in [-0.15, -0.1) is 0 Å². The van der Waals surface area contributed by atoms with E-state index in [0.717, 1.165) is 34.6 Å². The highest BCUT2D eigenvalue weighted by Gasteiger charge is 2.21. The van der Waals surface area contributed by atoms with Gasteiger partial charge in [-0.1, -0.05) is 13.3 Å². The number of aliphatic hydroxyl groups is 1. The van der Waals surface area contributed by atoms with Crippen LogP contribution in [0.4, 0.5) is 0 Å². The Morgan fingerprint density at radius 2 is 2.09 bits per heavy atom. The second kappa shape index (κ2) is 9.15. The van der Waals surface area contributed by atoms with E-state index >= 15 is 0 Å². The first-order valence-electron chi connectivity index (χ1n) is 10.3. The first-order valence-corrected chi connectivity index (χ1v) is 10.3. The topological polar surface area (TPSA) is 124 Å². The predicted octanol–water partition coefficient (Wildman–Crippen LogP) is 2.34. The van der Waals surface area contributed by atoms with Gasteiger partial charge in [-0.05, 0) is 25.0 Å². The second-order valence-electron chi connectivity index (χ2n) is 7.47. The van der Waals surface area contributed by atoms with Crippen molar-refractivity contribution in [3.63, 3.8) is 0 Å². The summed E-state index contributed by atoms with van der Waals surface area (Å²) in [6.07, 6.45) is 9.57. The second-order valence-corrected chi connectivity index (χ2v) is 7.47. The molecule has 0 aliphatic heterocycles. The van der Waals surface area contributed by atoms with Crippen molar-refractivity contribution in [3.05, 3.63) is 65.5 Å². The number of furan rings is 1. The van der Waals surface area contributed by atoms with Crippen molar-refractivity contribution in [1.29, 1.82) is 0 Å². The number of aryl methyl sites for hydroxylation is 2. The number of nitrogens with zero attached hydrogens (tertiary/aromatic N) is 6. The molecular formula is C22H25N7O3. The van der Waals surface area contributed by atoms with Crippen molar-refractivity contribution in [2.45, 2.75) is 39.8 Å². The number of carbonyl (C=O) groups excluding carboxylic acids is 1. The molecule has 0 radical (unpaired) electrons. The number of hydrogen-bond donors (Lipinski definition) is 2. The maximum absolute atomic E-state index is 13.0. The third-order valence-corrected chi connectivity index (χ3v) is 5.26. The van der Waals surface area contributed by atoms with Gasteiger partial charge in [0.25, 0.3) is 11.9 Å². The van der Waals surface area contributed by atoms with Gasteiger partial charge in [0.1, 0.15) is 0 Å². The van der Waals surface area contributed by atoms with Gasteiger partial charge in [-0.3, -0.25) is 4.79 Å². The Morgan fingerprint density at radius 3 is 2.81 bits per heavy atom. The summed E-state index contributed by atoms with van der Waals surface area (Å²) in [7, 11) is 1.82. The number of aromatic nitrogens is 6. The fourth-order valence-corrected chi connectivity index (χ4v) is 3.56. The highest BCUT2D eigenvalue weighted by Crippen LogP contribution is 2.23. The fraction of sp³-hybridized carbons (Fsp3) is 0.318. The SMILES string of the molecule is CCCc1c(C(=O)NCc2c(CO)ncn2C)cnn1-c1ncc(C)c(-c2ccoc2)n1. The van der Waals surface area contributed by atoms with Crippen molar-refractivity contribution in [1.82, 2.24) is 34.6 Å². The number of imidazole rings is 1. The van der Waals surface area contributed by atoms with E-state index in [0.29, 0.717) is 23.6 Å². The summed E-state index contributed by atoms with van der Waals surface area (Å²) in [5.74, 6) is 0.135. The molecule has 0 atom stereocenters. The summed E-state index contributed by atoms with van der Waals surface area (Å²) in [5.41, 5.74) is 5.00. The summed E-state index contributed by atoms with van der Waals surface area (Å²) in [6.45, 7) is 4.03. The first kappa shape index (κ1) is 21.4. The Morgan fingerprint density at radius 1 is 1.25 bits per heavy atom. The molecular weight excluding hydrogens is 410 g/mol. The summed E-state index contributed by atoms with van der Waals surface area (Å²) < 4.78 is 8.59. The number of amides is 1. The zero-order valence-electron chi connectivity index (χ0n) is 18.2. The normalized spacial score (nSPS) is 11.1. The molecule has 166 valence electrons. The van der Waals surface area contributed by atoms with Gasteiger partial charge < -0.3 is 19.4 Å². The maximum atomic E-state index is 13.0. The average molecular weight is 435 g/mol. The van der Waals surface area contributed by atoms with Crippen LogP contribution in [0.1, 0.15) is 46.3 Å². The van der Waals surface area contributed by atoms with Crippen LogP contribution < -0.4 is 5.32 Å². The molecule has 2 N–H and O–H groups in total. The molecule has 4 rings (SSSR count). The molecule has 4 aromatic heterocycles. The van der Waals surface area contributed by atoms with Crippen molar-refractivity contribution < 1.29 is 14.3 Å². The predicted molar refractivity (Wildman–Crippen MR) is 116 cm³/mol. The summed E-state index contributed by atoms with van der Waals surface area (Å²) >= 11 is 0. The molecule has 4 heterocycles. The molecule has 32 heavy (non-hydrogen) atoms. The van der Waals surface area contributed by atoms with Crippen molar-refractivity contribution in [2.24, 2.45) is 7.05 Å². The standard InChI is InChI=1S/C22H25N7O3/c1-4-5-18-16(21(31)23-10-19-17(11-30)25-13-28(19)3)9-26-29(18)22-24-8-14(2)20(27-22)15-6-7-32-12-15/h6-9,12-13,30H,4-5,10-11H2,1-3H3,(H,23,31). The molecule has 10 nitrogen and oxygen atoms in total. The zero-order chi connectivity index (χ0) is 22.7. The monoisotopic (exact) mass is 435 g/mol. The van der Waals surface area contributed by atoms with E-state index in [1.807, 2.05) is 27.0 Å². The zero-order valence-corrected chi connectivity index (χ0v) is 18.2. The molecule has 0 saturated heterocycles. The Kier molecular flexibility index (Phi) is 6.13. The largest absolute Gasteiger partial charge is 0.472 e. The van der Waals surface area contributed by atoms with E-state index in [-0.39, 0.29) is 19.1 Å². The molecule has 0 bridgehead atoms. The van der Waals surface area contributed by atoms with E-state index in [1.54, 1.807) is 34.3 Å². The number of nitrogens with one attached hydrogen (secondary N) is 1. The molecule has 10 heteroatoms. The van der Waals surface area contributed by atoms with Gasteiger partial charge in [0.05, 0.1) is 66.5 Å². The summed E-state index contributed by atoms with van der Waals surface area (Å²) in [5, 5.41) is 16.8. The molecule has 0 fully saturated rings. The van der Waals surface area contributed by atoms with Crippen LogP contribution in [0.2, 0.25) is 0 Å². The highest BCUT2D eigenvalue weighted by molar-refractivity contribution is 5.95. The molecule has 0 unspecified atom stereocenters. The number of carbonyl (C=O) groups is 1. The quantitative estimate of drug-likeness (QED) is 0.435. The lowest BCUT2D eigenvalue weighted by Gasteiger charge is -2.11. The molecule has 0 aliphatic carbocycles. The van der Waals surface area contributed by atoms with E-state index in [4.69, 9.17) is 4.42 Å². The van der Waals surface area contributed by atoms with Gasteiger partial charge in [0, 0.05) is 18.8 Å². The lowest BCUT2D eigenvalue weighted by molar-refractivity contribution is 0.0948. The van der Waals surface area contributed by atoms with Crippen LogP contribution in [0.25, 0.3) is 17.2 Å². The molecule has 0 aliphatic rings. The van der Waals surface area contributed by atoms with Crippen LogP contribution in [-0.2, 0) is 26.6 Å². The van der Waals surface area contributed by atoms with Crippen molar-refractivity contribution in [2.75, 3.05) is 0 Å². The van der Waals surface area contributed by atoms with Crippen LogP contribution in [0.3, 0.4) is 0 Å². The van der Waals surface area contributed by atoms with E-state index < -0.39 is 0 Å². The first-order chi connectivity index (χ1) is 15.5. The third kappa shape index (κ3) is 4.04. The van der Waals surface area contributed by atoms with Crippen LogP contribution in [-0.4, -0.2) is 40.3 Å². The summed E-state index contributed by atoms with van der Waals surface area (Å²) in [4.78, 5) is 26.2. The molecule has 0 aromatic carbocycles. The van der Waals surface area contributed by atoms with Gasteiger partial charge in [-0.25, -0.2) is 19.6 Å². The maximum Gasteiger partial charge on any atom is 0.255 e. The van der Waals surface area contributed by atoms with E-state index in [9.17, 15) is 9.90 Å². The van der Waals surface area contributed by atoms with E-state index in [2.05, 4.69) is 25.4 Å². The van der Waals surface area contributed by atoms with Crippen molar-refractivity contribution in [3.8, 4) is 17.2 Å². The summed E-state index contributed by atoms with van der Waals surface area (Å²) in [6, 6.07) is 1.84. The molecule has 4 aromatic rings. The third-order valence-electron chi connectivity index (χ3n) is 5.26. The van der Waals surface area contributed by atoms with E-state index in [1.165, 1.54) is 6.20 Å². The molecule has 1 amide bonds. The van der Waals surface area contributed by atoms with Crippen LogP contribution in [0, 0.1) is 6.92 Å². The van der Waals surface area contributed by atoms with Crippen LogP contribution in [0.5, 0.6) is 0 Å². The molecule has 0 saturated carbocycles. The number of aliphatic hydroxyl groups excluding tert-OH is 1. The van der Waals surface area contributed by atoms with Gasteiger partial charge in [-0.2, -0.15) is 5.10 Å². The average Bonchev–Trinajstić information content (AvgIpc) is 3.53. The molecule has 0 spiro atoms. The van der Waals surface area contributed by atoms with Gasteiger partial charge in [0.15, 0.2) is 0 Å². The Hall–Kier alpha value is -3.79. The minimum Gasteiger partial charge on any atom is -0.472 e. The lowest BCUT2D eigenvalue weighted by atomic mass is 10.1. The number of hydrogen-bond acceptors (Lipinski definition) is 7. The van der Waals surface area contributed by atoms with Crippen LogP contribution >= 0.6 is 0 Å². The number of rotatable bonds is 8.